The van der Waals surface area contributed by atoms with Crippen molar-refractivity contribution in [3.05, 3.63) is 29.8 Å². The van der Waals surface area contributed by atoms with E-state index in [4.69, 9.17) is 14.0 Å². The van der Waals surface area contributed by atoms with Gasteiger partial charge in [0.1, 0.15) is 5.60 Å². The summed E-state index contributed by atoms with van der Waals surface area (Å²) in [6.45, 7) is 15.4. The fourth-order valence-corrected chi connectivity index (χ4v) is 3.40. The third-order valence-electron chi connectivity index (χ3n) is 5.88. The summed E-state index contributed by atoms with van der Waals surface area (Å²) in [5.74, 6) is -0.0581. The first-order chi connectivity index (χ1) is 13.8. The fourth-order valence-electron chi connectivity index (χ4n) is 3.40. The van der Waals surface area contributed by atoms with E-state index in [1.807, 2.05) is 66.7 Å². The monoisotopic (exact) mass is 416 g/mol. The number of nitrogens with zero attached hydrogens (tertiary/aromatic N) is 2. The van der Waals surface area contributed by atoms with Crippen LogP contribution in [0.25, 0.3) is 0 Å². The molecule has 30 heavy (non-hydrogen) atoms. The van der Waals surface area contributed by atoms with Gasteiger partial charge in [-0.05, 0) is 66.1 Å². The van der Waals surface area contributed by atoms with E-state index in [1.165, 1.54) is 0 Å². The third-order valence-corrected chi connectivity index (χ3v) is 5.88. The highest BCUT2D eigenvalue weighted by molar-refractivity contribution is 6.62. The molecule has 2 saturated heterocycles. The summed E-state index contributed by atoms with van der Waals surface area (Å²) >= 11 is 0. The Morgan fingerprint density at radius 2 is 1.50 bits per heavy atom. The number of carbonyl (C=O) groups excluding carboxylic acids is 2. The SMILES string of the molecule is CC(C)(C)OC(=O)N1CCN(C(=O)c2cccc(B3OC(C)(C)C(C)(C)O3)c2)CC1. The summed E-state index contributed by atoms with van der Waals surface area (Å²) < 4.78 is 17.6. The number of hydrogen-bond acceptors (Lipinski definition) is 5. The van der Waals surface area contributed by atoms with Crippen molar-refractivity contribution >= 4 is 24.6 Å². The zero-order valence-electron chi connectivity index (χ0n) is 19.2. The fraction of sp³-hybridized carbons (Fsp3) is 0.636. The van der Waals surface area contributed by atoms with Crippen molar-refractivity contribution in [2.75, 3.05) is 26.2 Å². The second kappa shape index (κ2) is 7.89. The molecule has 2 aliphatic heterocycles. The van der Waals surface area contributed by atoms with E-state index in [0.717, 1.165) is 5.46 Å². The van der Waals surface area contributed by atoms with Crippen molar-refractivity contribution in [1.29, 1.82) is 0 Å². The second-order valence-electron chi connectivity index (χ2n) is 9.97. The Morgan fingerprint density at radius 1 is 0.967 bits per heavy atom. The topological polar surface area (TPSA) is 68.3 Å². The van der Waals surface area contributed by atoms with Gasteiger partial charge in [0.25, 0.3) is 5.91 Å². The van der Waals surface area contributed by atoms with Crippen LogP contribution in [0.2, 0.25) is 0 Å². The molecular weight excluding hydrogens is 383 g/mol. The molecule has 2 amide bonds. The summed E-state index contributed by atoms with van der Waals surface area (Å²) in [6, 6.07) is 7.41. The first-order valence-corrected chi connectivity index (χ1v) is 10.5. The van der Waals surface area contributed by atoms with Crippen molar-refractivity contribution < 1.29 is 23.6 Å². The van der Waals surface area contributed by atoms with Crippen LogP contribution in [0, 0.1) is 0 Å². The van der Waals surface area contributed by atoms with Crippen molar-refractivity contribution in [1.82, 2.24) is 9.80 Å². The molecule has 1 aromatic carbocycles. The van der Waals surface area contributed by atoms with Gasteiger partial charge in [-0.1, -0.05) is 12.1 Å². The number of benzene rings is 1. The Bertz CT molecular complexity index is 794. The van der Waals surface area contributed by atoms with E-state index < -0.39 is 23.9 Å². The molecule has 0 radical (unpaired) electrons. The molecule has 2 heterocycles. The van der Waals surface area contributed by atoms with Crippen LogP contribution in [0.1, 0.15) is 58.8 Å². The summed E-state index contributed by atoms with van der Waals surface area (Å²) in [5.41, 5.74) is 0.0170. The molecule has 8 heteroatoms. The van der Waals surface area contributed by atoms with E-state index in [1.54, 1.807) is 15.9 Å². The van der Waals surface area contributed by atoms with E-state index >= 15 is 0 Å². The predicted octanol–water partition coefficient (Wildman–Crippen LogP) is 2.68. The maximum atomic E-state index is 13.0. The highest BCUT2D eigenvalue weighted by atomic mass is 16.7. The van der Waals surface area contributed by atoms with Crippen LogP contribution < -0.4 is 5.46 Å². The van der Waals surface area contributed by atoms with Gasteiger partial charge in [-0.2, -0.15) is 0 Å². The highest BCUT2D eigenvalue weighted by Gasteiger charge is 2.51. The molecule has 7 nitrogen and oxygen atoms in total. The summed E-state index contributed by atoms with van der Waals surface area (Å²) in [5, 5.41) is 0. The molecular formula is C22H33BN2O5. The zero-order valence-corrected chi connectivity index (χ0v) is 19.2. The van der Waals surface area contributed by atoms with Gasteiger partial charge in [0, 0.05) is 31.7 Å². The molecule has 164 valence electrons. The van der Waals surface area contributed by atoms with Crippen LogP contribution in [0.5, 0.6) is 0 Å². The quantitative estimate of drug-likeness (QED) is 0.694. The van der Waals surface area contributed by atoms with Crippen molar-refractivity contribution in [3.63, 3.8) is 0 Å². The average Bonchev–Trinajstić information content (AvgIpc) is 2.87. The third kappa shape index (κ3) is 4.81. The lowest BCUT2D eigenvalue weighted by Gasteiger charge is -2.35. The predicted molar refractivity (Wildman–Crippen MR) is 116 cm³/mol. The van der Waals surface area contributed by atoms with Crippen molar-refractivity contribution in [3.8, 4) is 0 Å². The first kappa shape index (κ1) is 22.6. The maximum absolute atomic E-state index is 13.0. The molecule has 0 aliphatic carbocycles. The lowest BCUT2D eigenvalue weighted by Crippen LogP contribution is -2.51. The van der Waals surface area contributed by atoms with Crippen LogP contribution in [0.15, 0.2) is 24.3 Å². The van der Waals surface area contributed by atoms with E-state index in [9.17, 15) is 9.59 Å². The Hall–Kier alpha value is -2.06. The Balaban J connectivity index is 1.64. The summed E-state index contributed by atoms with van der Waals surface area (Å²) in [6.07, 6.45) is -0.336. The first-order valence-electron chi connectivity index (χ1n) is 10.5. The van der Waals surface area contributed by atoms with Crippen LogP contribution in [0.4, 0.5) is 4.79 Å². The van der Waals surface area contributed by atoms with Crippen molar-refractivity contribution in [2.24, 2.45) is 0 Å². The van der Waals surface area contributed by atoms with Gasteiger partial charge in [-0.3, -0.25) is 4.79 Å². The van der Waals surface area contributed by atoms with E-state index in [-0.39, 0.29) is 12.0 Å². The van der Waals surface area contributed by atoms with Crippen molar-refractivity contribution in [2.45, 2.75) is 65.3 Å². The largest absolute Gasteiger partial charge is 0.494 e. The van der Waals surface area contributed by atoms with Gasteiger partial charge >= 0.3 is 13.2 Å². The second-order valence-corrected chi connectivity index (χ2v) is 9.97. The van der Waals surface area contributed by atoms with Crippen LogP contribution >= 0.6 is 0 Å². The molecule has 0 bridgehead atoms. The van der Waals surface area contributed by atoms with Gasteiger partial charge < -0.3 is 23.8 Å². The summed E-state index contributed by atoms with van der Waals surface area (Å²) in [7, 11) is -0.508. The number of ether oxygens (including phenoxy) is 1. The molecule has 2 aliphatic rings. The number of rotatable bonds is 2. The smallest absolute Gasteiger partial charge is 0.444 e. The molecule has 0 saturated carbocycles. The average molecular weight is 416 g/mol. The minimum Gasteiger partial charge on any atom is -0.444 e. The van der Waals surface area contributed by atoms with Crippen LogP contribution in [0.3, 0.4) is 0 Å². The lowest BCUT2D eigenvalue weighted by atomic mass is 9.78. The molecule has 3 rings (SSSR count). The molecule has 2 fully saturated rings. The zero-order chi connectivity index (χ0) is 22.3. The highest BCUT2D eigenvalue weighted by Crippen LogP contribution is 2.36. The Kier molecular flexibility index (Phi) is 5.95. The maximum Gasteiger partial charge on any atom is 0.494 e. The van der Waals surface area contributed by atoms with Gasteiger partial charge in [0.2, 0.25) is 0 Å². The molecule has 0 N–H and O–H groups in total. The van der Waals surface area contributed by atoms with Gasteiger partial charge in [0.15, 0.2) is 0 Å². The standard InChI is InChI=1S/C22H33BN2O5/c1-20(2,3)28-19(27)25-13-11-24(12-14-25)18(26)16-9-8-10-17(15-16)23-29-21(4,5)22(6,7)30-23/h8-10,15H,11-14H2,1-7H3. The molecule has 1 aromatic rings. The van der Waals surface area contributed by atoms with E-state index in [2.05, 4.69) is 0 Å². The molecule has 0 spiro atoms. The van der Waals surface area contributed by atoms with Gasteiger partial charge in [-0.15, -0.1) is 0 Å². The molecule has 0 unspecified atom stereocenters. The Labute approximate surface area is 179 Å². The minimum atomic E-state index is -0.530. The Morgan fingerprint density at radius 3 is 2.03 bits per heavy atom. The molecule has 0 aromatic heterocycles. The van der Waals surface area contributed by atoms with Gasteiger partial charge in [0.05, 0.1) is 11.2 Å². The number of piperazine rings is 1. The van der Waals surface area contributed by atoms with Crippen LogP contribution in [-0.4, -0.2) is 71.9 Å². The number of carbonyl (C=O) groups is 2. The lowest BCUT2D eigenvalue weighted by molar-refractivity contribution is 0.00578. The normalized spacial score (nSPS) is 21.0. The molecule has 0 atom stereocenters. The minimum absolute atomic E-state index is 0.0581. The van der Waals surface area contributed by atoms with E-state index in [0.29, 0.717) is 31.7 Å². The van der Waals surface area contributed by atoms with Crippen LogP contribution in [-0.2, 0) is 14.0 Å². The van der Waals surface area contributed by atoms with Gasteiger partial charge in [-0.25, -0.2) is 4.79 Å². The number of hydrogen-bond donors (Lipinski definition) is 0. The summed E-state index contributed by atoms with van der Waals surface area (Å²) in [4.78, 5) is 28.7. The number of amides is 2.